The Morgan fingerprint density at radius 1 is 1.08 bits per heavy atom. The molecule has 0 aliphatic carbocycles. The van der Waals surface area contributed by atoms with E-state index in [9.17, 15) is 0 Å². The summed E-state index contributed by atoms with van der Waals surface area (Å²) in [5.41, 5.74) is 4.38. The lowest BCUT2D eigenvalue weighted by molar-refractivity contribution is 0.958. The first-order chi connectivity index (χ1) is 6.29. The Morgan fingerprint density at radius 2 is 1.77 bits per heavy atom. The molecule has 1 N–H and O–H groups in total. The van der Waals surface area contributed by atoms with Crippen molar-refractivity contribution >= 4 is 11.0 Å². The number of benzene rings is 1. The summed E-state index contributed by atoms with van der Waals surface area (Å²) < 4.78 is 0. The second kappa shape index (κ2) is 4.03. The molecule has 3 nitrogen and oxygen atoms in total. The lowest BCUT2D eigenvalue weighted by atomic mass is 10.1. The maximum absolute atomic E-state index is 4.04. The maximum Gasteiger partial charge on any atom is 0.116 e. The van der Waals surface area contributed by atoms with Gasteiger partial charge in [0.15, 0.2) is 0 Å². The van der Waals surface area contributed by atoms with Gasteiger partial charge in [0.05, 0.1) is 0 Å². The summed E-state index contributed by atoms with van der Waals surface area (Å²) in [4.78, 5) is 0. The summed E-state index contributed by atoms with van der Waals surface area (Å²) in [5, 5.41) is 10.6. The average molecular weight is 177 g/mol. The van der Waals surface area contributed by atoms with Crippen LogP contribution in [-0.4, -0.2) is 15.4 Å². The standard InChI is InChI=1S/C8H9N3.C2H6/c1-5-3-4-7-8(6(5)2)10-11-9-7;1-2/h3-4H,1-2H3,(H,9,10,11);1-2H3. The zero-order chi connectivity index (χ0) is 9.84. The minimum atomic E-state index is 0.938. The first kappa shape index (κ1) is 9.71. The monoisotopic (exact) mass is 177 g/mol. The number of hydrogen-bond acceptors (Lipinski definition) is 2. The first-order valence-electron chi connectivity index (χ1n) is 4.56. The average Bonchev–Trinajstić information content (AvgIpc) is 2.63. The summed E-state index contributed by atoms with van der Waals surface area (Å²) >= 11 is 0. The van der Waals surface area contributed by atoms with Gasteiger partial charge in [0.2, 0.25) is 0 Å². The summed E-state index contributed by atoms with van der Waals surface area (Å²) in [6, 6.07) is 4.03. The minimum absolute atomic E-state index is 0.938. The molecule has 0 radical (unpaired) electrons. The minimum Gasteiger partial charge on any atom is -0.197 e. The smallest absolute Gasteiger partial charge is 0.116 e. The fourth-order valence-corrected chi connectivity index (χ4v) is 1.15. The van der Waals surface area contributed by atoms with E-state index in [1.165, 1.54) is 11.1 Å². The Balaban J connectivity index is 0.000000396. The van der Waals surface area contributed by atoms with E-state index in [1.54, 1.807) is 0 Å². The van der Waals surface area contributed by atoms with Crippen LogP contribution < -0.4 is 0 Å². The molecule has 3 heteroatoms. The van der Waals surface area contributed by atoms with Crippen molar-refractivity contribution in [3.63, 3.8) is 0 Å². The van der Waals surface area contributed by atoms with Crippen LogP contribution in [0.4, 0.5) is 0 Å². The molecule has 13 heavy (non-hydrogen) atoms. The molecule has 0 aliphatic rings. The molecule has 0 bridgehead atoms. The van der Waals surface area contributed by atoms with E-state index in [-0.39, 0.29) is 0 Å². The van der Waals surface area contributed by atoms with Crippen molar-refractivity contribution in [1.29, 1.82) is 0 Å². The molecular formula is C10H15N3. The summed E-state index contributed by atoms with van der Waals surface area (Å²) in [5.74, 6) is 0. The molecule has 0 fully saturated rings. The van der Waals surface area contributed by atoms with E-state index in [2.05, 4.69) is 35.3 Å². The van der Waals surface area contributed by atoms with Crippen molar-refractivity contribution in [2.45, 2.75) is 27.7 Å². The van der Waals surface area contributed by atoms with Gasteiger partial charge in [-0.05, 0) is 31.0 Å². The molecule has 0 spiro atoms. The van der Waals surface area contributed by atoms with Crippen LogP contribution in [0.15, 0.2) is 12.1 Å². The molecule has 0 amide bonds. The van der Waals surface area contributed by atoms with Gasteiger partial charge in [0.25, 0.3) is 0 Å². The number of rotatable bonds is 0. The number of aryl methyl sites for hydroxylation is 2. The Labute approximate surface area is 78.2 Å². The van der Waals surface area contributed by atoms with Gasteiger partial charge < -0.3 is 0 Å². The van der Waals surface area contributed by atoms with Crippen LogP contribution in [0.3, 0.4) is 0 Å². The normalized spacial score (nSPS) is 9.54. The van der Waals surface area contributed by atoms with E-state index >= 15 is 0 Å². The second-order valence-corrected chi connectivity index (χ2v) is 2.70. The SMILES string of the molecule is CC.Cc1ccc2n[nH]nc2c1C. The fraction of sp³-hybridized carbons (Fsp3) is 0.400. The van der Waals surface area contributed by atoms with Crippen molar-refractivity contribution in [3.8, 4) is 0 Å². The Hall–Kier alpha value is -1.38. The van der Waals surface area contributed by atoms with Crippen molar-refractivity contribution in [3.05, 3.63) is 23.3 Å². The molecule has 0 unspecified atom stereocenters. The van der Waals surface area contributed by atoms with Crippen LogP contribution >= 0.6 is 0 Å². The van der Waals surface area contributed by atoms with E-state index in [1.807, 2.05) is 19.9 Å². The zero-order valence-corrected chi connectivity index (χ0v) is 8.55. The molecule has 0 atom stereocenters. The van der Waals surface area contributed by atoms with Crippen LogP contribution in [0.2, 0.25) is 0 Å². The van der Waals surface area contributed by atoms with Crippen LogP contribution in [0.5, 0.6) is 0 Å². The van der Waals surface area contributed by atoms with Gasteiger partial charge in [0.1, 0.15) is 11.0 Å². The summed E-state index contributed by atoms with van der Waals surface area (Å²) in [6.07, 6.45) is 0. The largest absolute Gasteiger partial charge is 0.197 e. The molecule has 0 aliphatic heterocycles. The van der Waals surface area contributed by atoms with Crippen LogP contribution in [0.1, 0.15) is 25.0 Å². The highest BCUT2D eigenvalue weighted by Crippen LogP contribution is 2.15. The number of H-pyrrole nitrogens is 1. The van der Waals surface area contributed by atoms with Crippen LogP contribution in [0.25, 0.3) is 11.0 Å². The predicted molar refractivity (Wildman–Crippen MR) is 54.7 cm³/mol. The van der Waals surface area contributed by atoms with Gasteiger partial charge in [-0.1, -0.05) is 19.9 Å². The van der Waals surface area contributed by atoms with Crippen LogP contribution in [0, 0.1) is 13.8 Å². The molecule has 1 heterocycles. The van der Waals surface area contributed by atoms with Gasteiger partial charge in [-0.15, -0.1) is 0 Å². The topological polar surface area (TPSA) is 41.6 Å². The number of aromatic amines is 1. The highest BCUT2D eigenvalue weighted by molar-refractivity contribution is 5.78. The Morgan fingerprint density at radius 3 is 2.46 bits per heavy atom. The number of aromatic nitrogens is 3. The first-order valence-corrected chi connectivity index (χ1v) is 4.56. The zero-order valence-electron chi connectivity index (χ0n) is 8.55. The fourth-order valence-electron chi connectivity index (χ4n) is 1.15. The van der Waals surface area contributed by atoms with E-state index in [0.29, 0.717) is 0 Å². The lowest BCUT2D eigenvalue weighted by Gasteiger charge is -1.96. The van der Waals surface area contributed by atoms with Crippen LogP contribution in [-0.2, 0) is 0 Å². The molecule has 2 rings (SSSR count). The molecular weight excluding hydrogens is 162 g/mol. The van der Waals surface area contributed by atoms with Gasteiger partial charge in [-0.3, -0.25) is 0 Å². The third-order valence-corrected chi connectivity index (χ3v) is 2.01. The summed E-state index contributed by atoms with van der Waals surface area (Å²) in [6.45, 7) is 8.13. The van der Waals surface area contributed by atoms with E-state index < -0.39 is 0 Å². The predicted octanol–water partition coefficient (Wildman–Crippen LogP) is 2.60. The van der Waals surface area contributed by atoms with Gasteiger partial charge in [0, 0.05) is 0 Å². The summed E-state index contributed by atoms with van der Waals surface area (Å²) in [7, 11) is 0. The second-order valence-electron chi connectivity index (χ2n) is 2.70. The third-order valence-electron chi connectivity index (χ3n) is 2.01. The van der Waals surface area contributed by atoms with Crippen molar-refractivity contribution < 1.29 is 0 Å². The molecule has 0 saturated carbocycles. The van der Waals surface area contributed by atoms with Crippen molar-refractivity contribution in [2.24, 2.45) is 0 Å². The van der Waals surface area contributed by atoms with Gasteiger partial charge in [-0.2, -0.15) is 15.4 Å². The van der Waals surface area contributed by atoms with Crippen molar-refractivity contribution in [1.82, 2.24) is 15.4 Å². The van der Waals surface area contributed by atoms with E-state index in [0.717, 1.165) is 11.0 Å². The highest BCUT2D eigenvalue weighted by Gasteiger charge is 2.01. The molecule has 70 valence electrons. The molecule has 1 aromatic heterocycles. The molecule has 1 aromatic carbocycles. The Bertz CT molecular complexity index is 390. The van der Waals surface area contributed by atoms with Crippen molar-refractivity contribution in [2.75, 3.05) is 0 Å². The number of nitrogens with zero attached hydrogens (tertiary/aromatic N) is 2. The van der Waals surface area contributed by atoms with E-state index in [4.69, 9.17) is 0 Å². The Kier molecular flexibility index (Phi) is 3.01. The molecule has 0 saturated heterocycles. The van der Waals surface area contributed by atoms with Gasteiger partial charge in [-0.25, -0.2) is 0 Å². The maximum atomic E-state index is 4.04. The third kappa shape index (κ3) is 1.69. The number of nitrogens with one attached hydrogen (secondary N) is 1. The number of hydrogen-bond donors (Lipinski definition) is 1. The quantitative estimate of drug-likeness (QED) is 0.672. The highest BCUT2D eigenvalue weighted by atomic mass is 15.3. The lowest BCUT2D eigenvalue weighted by Crippen LogP contribution is -1.81. The number of fused-ring (bicyclic) bond motifs is 1. The molecule has 2 aromatic rings. The van der Waals surface area contributed by atoms with Gasteiger partial charge >= 0.3 is 0 Å².